The van der Waals surface area contributed by atoms with E-state index in [9.17, 15) is 8.42 Å². The van der Waals surface area contributed by atoms with Gasteiger partial charge in [0.15, 0.2) is 0 Å². The molecule has 0 aliphatic carbocycles. The van der Waals surface area contributed by atoms with Gasteiger partial charge in [0.25, 0.3) is 0 Å². The molecule has 0 amide bonds. The van der Waals surface area contributed by atoms with Gasteiger partial charge in [0.2, 0.25) is 14.8 Å². The van der Waals surface area contributed by atoms with Gasteiger partial charge in [0.1, 0.15) is 5.82 Å². The lowest BCUT2D eigenvalue weighted by Crippen LogP contribution is -2.48. The van der Waals surface area contributed by atoms with Gasteiger partial charge in [0, 0.05) is 32.1 Å². The molecule has 3 aromatic rings. The molecule has 1 aromatic heterocycles. The summed E-state index contributed by atoms with van der Waals surface area (Å²) in [6.07, 6.45) is 0. The van der Waals surface area contributed by atoms with Gasteiger partial charge in [-0.05, 0) is 35.1 Å². The third-order valence-electron chi connectivity index (χ3n) is 5.27. The van der Waals surface area contributed by atoms with E-state index in [2.05, 4.69) is 28.8 Å². The van der Waals surface area contributed by atoms with Crippen molar-refractivity contribution >= 4 is 33.0 Å². The van der Waals surface area contributed by atoms with Crippen molar-refractivity contribution < 1.29 is 8.42 Å². The number of aromatic amines is 1. The molecule has 4 rings (SSSR count). The molecule has 1 N–H and O–H groups in total. The summed E-state index contributed by atoms with van der Waals surface area (Å²) in [7, 11) is -3.51. The minimum absolute atomic E-state index is 0.280. The summed E-state index contributed by atoms with van der Waals surface area (Å²) in [5.74, 6) is 1.15. The normalized spacial score (nSPS) is 16.7. The molecule has 0 spiro atoms. The van der Waals surface area contributed by atoms with Gasteiger partial charge in [0.05, 0.1) is 11.6 Å². The summed E-state index contributed by atoms with van der Waals surface area (Å²) in [5.41, 5.74) is 0. The highest BCUT2D eigenvalue weighted by molar-refractivity contribution is 7.89. The average Bonchev–Trinajstić information content (AvgIpc) is 3.09. The molecule has 9 heteroatoms. The highest BCUT2D eigenvalue weighted by Gasteiger charge is 2.28. The Labute approximate surface area is 176 Å². The smallest absolute Gasteiger partial charge is 0.243 e. The van der Waals surface area contributed by atoms with Crippen LogP contribution in [-0.4, -0.2) is 58.6 Å². The molecule has 0 saturated carbocycles. The number of piperazine rings is 1. The van der Waals surface area contributed by atoms with Crippen molar-refractivity contribution in [1.82, 2.24) is 24.0 Å². The molecular weight excluding hydrogens is 406 g/mol. The Bertz CT molecular complexity index is 1170. The predicted molar refractivity (Wildman–Crippen MR) is 116 cm³/mol. The lowest BCUT2D eigenvalue weighted by Gasteiger charge is -2.33. The van der Waals surface area contributed by atoms with Crippen molar-refractivity contribution in [2.75, 3.05) is 26.2 Å². The number of H-pyrrole nitrogens is 1. The van der Waals surface area contributed by atoms with Crippen molar-refractivity contribution in [2.24, 2.45) is 0 Å². The third kappa shape index (κ3) is 4.13. The first kappa shape index (κ1) is 20.2. The molecule has 29 heavy (non-hydrogen) atoms. The number of benzene rings is 2. The Kier molecular flexibility index (Phi) is 5.56. The van der Waals surface area contributed by atoms with E-state index < -0.39 is 10.0 Å². The molecule has 1 aliphatic rings. The number of sulfonamides is 1. The molecule has 7 nitrogen and oxygen atoms in total. The molecule has 1 fully saturated rings. The van der Waals surface area contributed by atoms with E-state index in [-0.39, 0.29) is 5.92 Å². The van der Waals surface area contributed by atoms with Crippen LogP contribution in [0, 0.1) is 4.77 Å². The Morgan fingerprint density at radius 1 is 1.07 bits per heavy atom. The summed E-state index contributed by atoms with van der Waals surface area (Å²) < 4.78 is 30.1. The molecule has 154 valence electrons. The van der Waals surface area contributed by atoms with Crippen LogP contribution in [0.3, 0.4) is 0 Å². The molecule has 1 aliphatic heterocycles. The van der Waals surface area contributed by atoms with Gasteiger partial charge in [-0.15, -0.1) is 0 Å². The molecular formula is C20H25N5O2S2. The third-order valence-corrected chi connectivity index (χ3v) is 7.48. The highest BCUT2D eigenvalue weighted by atomic mass is 32.2. The van der Waals surface area contributed by atoms with Crippen molar-refractivity contribution in [3.8, 4) is 0 Å². The average molecular weight is 432 g/mol. The summed E-state index contributed by atoms with van der Waals surface area (Å²) >= 11 is 5.33. The minimum atomic E-state index is -3.51. The standard InChI is InChI=1S/C20H25N5O2S2/c1-15(2)19-21-20(28)25(22-19)14-23-9-11-24(12-10-23)29(26,27)18-8-7-16-5-3-4-6-17(16)13-18/h3-8,13,15H,9-12,14H2,1-2H3,(H,21,22,28). The van der Waals surface area contributed by atoms with E-state index >= 15 is 0 Å². The van der Waals surface area contributed by atoms with Crippen LogP contribution in [0.5, 0.6) is 0 Å². The molecule has 2 aromatic carbocycles. The maximum absolute atomic E-state index is 13.1. The number of hydrogen-bond acceptors (Lipinski definition) is 5. The molecule has 0 unspecified atom stereocenters. The Balaban J connectivity index is 1.45. The van der Waals surface area contributed by atoms with Crippen LogP contribution >= 0.6 is 12.2 Å². The second-order valence-electron chi connectivity index (χ2n) is 7.65. The van der Waals surface area contributed by atoms with Crippen molar-refractivity contribution in [3.05, 3.63) is 53.1 Å². The Morgan fingerprint density at radius 3 is 2.41 bits per heavy atom. The quantitative estimate of drug-likeness (QED) is 0.628. The van der Waals surface area contributed by atoms with Crippen LogP contribution in [0.25, 0.3) is 10.8 Å². The van der Waals surface area contributed by atoms with Crippen LogP contribution in [0.1, 0.15) is 25.6 Å². The van der Waals surface area contributed by atoms with Crippen molar-refractivity contribution in [2.45, 2.75) is 31.3 Å². The number of nitrogens with zero attached hydrogens (tertiary/aromatic N) is 4. The molecule has 2 heterocycles. The molecule has 0 bridgehead atoms. The van der Waals surface area contributed by atoms with Crippen molar-refractivity contribution in [1.29, 1.82) is 0 Å². The summed E-state index contributed by atoms with van der Waals surface area (Å²) in [6.45, 7) is 6.90. The number of hydrogen-bond donors (Lipinski definition) is 1. The van der Waals surface area contributed by atoms with Crippen LogP contribution in [0.4, 0.5) is 0 Å². The van der Waals surface area contributed by atoms with Gasteiger partial charge in [-0.25, -0.2) is 18.1 Å². The zero-order valence-corrected chi connectivity index (χ0v) is 18.2. The van der Waals surface area contributed by atoms with Gasteiger partial charge in [-0.3, -0.25) is 10.00 Å². The van der Waals surface area contributed by atoms with E-state index in [1.54, 1.807) is 16.4 Å². The first-order chi connectivity index (χ1) is 13.8. The highest BCUT2D eigenvalue weighted by Crippen LogP contribution is 2.23. The molecule has 0 atom stereocenters. The largest absolute Gasteiger partial charge is 0.282 e. The van der Waals surface area contributed by atoms with Crippen LogP contribution in [-0.2, 0) is 16.7 Å². The van der Waals surface area contributed by atoms with Gasteiger partial charge < -0.3 is 0 Å². The number of aromatic nitrogens is 3. The minimum Gasteiger partial charge on any atom is -0.282 e. The first-order valence-corrected chi connectivity index (χ1v) is 11.6. The van der Waals surface area contributed by atoms with E-state index in [1.165, 1.54) is 0 Å². The monoisotopic (exact) mass is 431 g/mol. The van der Waals surface area contributed by atoms with Crippen LogP contribution < -0.4 is 0 Å². The SMILES string of the molecule is CC(C)c1nc(=S)n(CN2CCN(S(=O)(=O)c3ccc4ccccc4c3)CC2)[nH]1. The van der Waals surface area contributed by atoms with Gasteiger partial charge in [-0.2, -0.15) is 4.31 Å². The van der Waals surface area contributed by atoms with E-state index in [0.29, 0.717) is 42.5 Å². The van der Waals surface area contributed by atoms with E-state index in [0.717, 1.165) is 16.6 Å². The predicted octanol–water partition coefficient (Wildman–Crippen LogP) is 3.18. The lowest BCUT2D eigenvalue weighted by atomic mass is 10.1. The summed E-state index contributed by atoms with van der Waals surface area (Å²) in [5, 5.41) is 5.21. The van der Waals surface area contributed by atoms with Gasteiger partial charge >= 0.3 is 0 Å². The second kappa shape index (κ2) is 7.98. The van der Waals surface area contributed by atoms with Crippen LogP contribution in [0.2, 0.25) is 0 Å². The zero-order chi connectivity index (χ0) is 20.6. The topological polar surface area (TPSA) is 74.2 Å². The van der Waals surface area contributed by atoms with Crippen LogP contribution in [0.15, 0.2) is 47.4 Å². The van der Waals surface area contributed by atoms with E-state index in [1.807, 2.05) is 35.0 Å². The fourth-order valence-electron chi connectivity index (χ4n) is 3.52. The summed E-state index contributed by atoms with van der Waals surface area (Å²) in [6, 6.07) is 13.1. The fourth-order valence-corrected chi connectivity index (χ4v) is 5.18. The zero-order valence-electron chi connectivity index (χ0n) is 16.6. The number of rotatable bonds is 5. The number of nitrogens with one attached hydrogen (secondary N) is 1. The maximum atomic E-state index is 13.1. The Hall–Kier alpha value is -2.07. The van der Waals surface area contributed by atoms with Gasteiger partial charge in [-0.1, -0.05) is 44.2 Å². The maximum Gasteiger partial charge on any atom is 0.243 e. The van der Waals surface area contributed by atoms with Crippen molar-refractivity contribution in [3.63, 3.8) is 0 Å². The number of fused-ring (bicyclic) bond motifs is 1. The lowest BCUT2D eigenvalue weighted by molar-refractivity contribution is 0.144. The first-order valence-electron chi connectivity index (χ1n) is 9.72. The summed E-state index contributed by atoms with van der Waals surface area (Å²) in [4.78, 5) is 6.92. The molecule has 1 saturated heterocycles. The fraction of sp³-hybridized carbons (Fsp3) is 0.400. The molecule has 0 radical (unpaired) electrons. The van der Waals surface area contributed by atoms with E-state index in [4.69, 9.17) is 12.2 Å². The second-order valence-corrected chi connectivity index (χ2v) is 9.95. The Morgan fingerprint density at radius 2 is 1.76 bits per heavy atom.